The second-order valence-electron chi connectivity index (χ2n) is 4.60. The Kier molecular flexibility index (Phi) is 3.70. The van der Waals surface area contributed by atoms with E-state index in [0.717, 1.165) is 5.56 Å². The summed E-state index contributed by atoms with van der Waals surface area (Å²) >= 11 is 1.25. The van der Waals surface area contributed by atoms with E-state index in [1.54, 1.807) is 24.4 Å². The highest BCUT2D eigenvalue weighted by Gasteiger charge is 2.07. The average molecular weight is 301 g/mol. The fourth-order valence-electron chi connectivity index (χ4n) is 1.92. The largest absolute Gasteiger partial charge is 0.355 e. The molecule has 0 saturated heterocycles. The molecule has 2 heterocycles. The van der Waals surface area contributed by atoms with Crippen molar-refractivity contribution in [2.75, 3.05) is 0 Å². The van der Waals surface area contributed by atoms with Gasteiger partial charge in [0.15, 0.2) is 5.16 Å². The first-order valence-electron chi connectivity index (χ1n) is 6.37. The summed E-state index contributed by atoms with van der Waals surface area (Å²) < 4.78 is 14.9. The second kappa shape index (κ2) is 5.65. The second-order valence-corrected chi connectivity index (χ2v) is 5.54. The number of hydrogen-bond donors (Lipinski definition) is 0. The zero-order valence-corrected chi connectivity index (χ0v) is 12.1. The molecule has 3 aromatic rings. The maximum atomic E-state index is 13.6. The first kappa shape index (κ1) is 13.8. The highest BCUT2D eigenvalue weighted by atomic mass is 32.2. The molecule has 106 valence electrons. The van der Waals surface area contributed by atoms with Crippen LogP contribution in [0.3, 0.4) is 0 Å². The number of pyridine rings is 1. The molecule has 4 nitrogen and oxygen atoms in total. The van der Waals surface area contributed by atoms with Crippen molar-refractivity contribution in [2.45, 2.75) is 17.8 Å². The Labute approximate surface area is 124 Å². The van der Waals surface area contributed by atoms with Crippen LogP contribution in [-0.4, -0.2) is 14.4 Å². The van der Waals surface area contributed by atoms with Gasteiger partial charge in [-0.1, -0.05) is 30.0 Å². The Morgan fingerprint density at radius 2 is 2.05 bits per heavy atom. The number of halogens is 1. The summed E-state index contributed by atoms with van der Waals surface area (Å²) in [5.41, 5.74) is 1.75. The van der Waals surface area contributed by atoms with Gasteiger partial charge in [0.2, 0.25) is 0 Å². The minimum Gasteiger partial charge on any atom is -0.251 e. The summed E-state index contributed by atoms with van der Waals surface area (Å²) in [4.78, 5) is 20.2. The molecule has 0 saturated carbocycles. The molecular formula is C15H12FN3OS. The Morgan fingerprint density at radius 1 is 1.24 bits per heavy atom. The van der Waals surface area contributed by atoms with Crippen molar-refractivity contribution in [1.29, 1.82) is 0 Å². The first-order valence-corrected chi connectivity index (χ1v) is 7.35. The Hall–Kier alpha value is -2.21. The molecule has 1 aromatic carbocycles. The third-order valence-electron chi connectivity index (χ3n) is 3.01. The van der Waals surface area contributed by atoms with Crippen molar-refractivity contribution in [1.82, 2.24) is 14.4 Å². The van der Waals surface area contributed by atoms with E-state index in [-0.39, 0.29) is 11.5 Å². The van der Waals surface area contributed by atoms with Gasteiger partial charge in [-0.05, 0) is 36.2 Å². The van der Waals surface area contributed by atoms with Crippen LogP contribution in [0.5, 0.6) is 0 Å². The Morgan fingerprint density at radius 3 is 2.86 bits per heavy atom. The van der Waals surface area contributed by atoms with Crippen LogP contribution in [0.15, 0.2) is 52.5 Å². The summed E-state index contributed by atoms with van der Waals surface area (Å²) in [6.07, 6.45) is 1.65. The van der Waals surface area contributed by atoms with Crippen LogP contribution in [0.1, 0.15) is 11.1 Å². The number of aromatic nitrogens is 3. The van der Waals surface area contributed by atoms with Crippen LogP contribution in [0.4, 0.5) is 4.39 Å². The third kappa shape index (κ3) is 2.95. The van der Waals surface area contributed by atoms with Crippen LogP contribution >= 0.6 is 11.8 Å². The number of fused-ring (bicyclic) bond motifs is 1. The fourth-order valence-corrected chi connectivity index (χ4v) is 2.74. The molecular weight excluding hydrogens is 289 g/mol. The zero-order valence-electron chi connectivity index (χ0n) is 11.3. The number of benzene rings is 1. The van der Waals surface area contributed by atoms with E-state index in [9.17, 15) is 9.18 Å². The van der Waals surface area contributed by atoms with Crippen LogP contribution in [0.2, 0.25) is 0 Å². The molecule has 0 aliphatic heterocycles. The lowest BCUT2D eigenvalue weighted by molar-refractivity contribution is 0.617. The lowest BCUT2D eigenvalue weighted by atomic mass is 10.2. The van der Waals surface area contributed by atoms with Gasteiger partial charge in [-0.3, -0.25) is 4.40 Å². The van der Waals surface area contributed by atoms with E-state index in [2.05, 4.69) is 9.97 Å². The molecule has 0 bridgehead atoms. The predicted octanol–water partition coefficient (Wildman–Crippen LogP) is 2.83. The van der Waals surface area contributed by atoms with Crippen molar-refractivity contribution in [2.24, 2.45) is 0 Å². The summed E-state index contributed by atoms with van der Waals surface area (Å²) in [6, 6.07) is 10.2. The van der Waals surface area contributed by atoms with Gasteiger partial charge in [0, 0.05) is 11.9 Å². The minimum atomic E-state index is -0.379. The van der Waals surface area contributed by atoms with E-state index >= 15 is 0 Å². The molecule has 0 N–H and O–H groups in total. The Bertz CT molecular complexity index is 863. The normalized spacial score (nSPS) is 11.0. The lowest BCUT2D eigenvalue weighted by Crippen LogP contribution is -2.19. The minimum absolute atomic E-state index is 0.265. The van der Waals surface area contributed by atoms with Gasteiger partial charge >= 0.3 is 5.69 Å². The van der Waals surface area contributed by atoms with Gasteiger partial charge in [-0.25, -0.2) is 14.2 Å². The van der Waals surface area contributed by atoms with E-state index in [4.69, 9.17) is 0 Å². The topological polar surface area (TPSA) is 47.3 Å². The van der Waals surface area contributed by atoms with Crippen LogP contribution in [0, 0.1) is 12.7 Å². The Balaban J connectivity index is 1.91. The first-order chi connectivity index (χ1) is 10.1. The van der Waals surface area contributed by atoms with Crippen molar-refractivity contribution in [3.05, 3.63) is 70.0 Å². The zero-order chi connectivity index (χ0) is 14.8. The van der Waals surface area contributed by atoms with E-state index in [0.29, 0.717) is 22.1 Å². The SMILES string of the molecule is Cc1ccn2c(=O)nc(SCc3ccccc3F)nc2c1. The molecule has 0 spiro atoms. The van der Waals surface area contributed by atoms with Crippen molar-refractivity contribution in [3.8, 4) is 0 Å². The molecule has 2 aromatic heterocycles. The van der Waals surface area contributed by atoms with Crippen LogP contribution < -0.4 is 5.69 Å². The smallest absolute Gasteiger partial charge is 0.251 e. The number of nitrogens with zero attached hydrogens (tertiary/aromatic N) is 3. The summed E-state index contributed by atoms with van der Waals surface area (Å²) in [6.45, 7) is 1.93. The summed E-state index contributed by atoms with van der Waals surface area (Å²) in [5, 5.41) is 0.355. The quantitative estimate of drug-likeness (QED) is 0.698. The highest BCUT2D eigenvalue weighted by Crippen LogP contribution is 2.20. The van der Waals surface area contributed by atoms with Gasteiger partial charge in [0.1, 0.15) is 11.5 Å². The van der Waals surface area contributed by atoms with Crippen LogP contribution in [0.25, 0.3) is 5.65 Å². The molecule has 21 heavy (non-hydrogen) atoms. The van der Waals surface area contributed by atoms with Gasteiger partial charge in [0.05, 0.1) is 0 Å². The number of thioether (sulfide) groups is 1. The third-order valence-corrected chi connectivity index (χ3v) is 3.91. The molecule has 0 aliphatic carbocycles. The standard InChI is InChI=1S/C15H12FN3OS/c1-10-6-7-19-13(8-10)17-14(18-15(19)20)21-9-11-4-2-3-5-12(11)16/h2-8H,9H2,1H3. The van der Waals surface area contributed by atoms with E-state index in [1.165, 1.54) is 22.2 Å². The molecule has 0 aliphatic rings. The molecule has 3 rings (SSSR count). The van der Waals surface area contributed by atoms with Crippen LogP contribution in [-0.2, 0) is 5.75 Å². The van der Waals surface area contributed by atoms with Gasteiger partial charge in [-0.2, -0.15) is 4.98 Å². The van der Waals surface area contributed by atoms with E-state index in [1.807, 2.05) is 19.1 Å². The lowest BCUT2D eigenvalue weighted by Gasteiger charge is -2.04. The number of rotatable bonds is 3. The number of hydrogen-bond acceptors (Lipinski definition) is 4. The van der Waals surface area contributed by atoms with Gasteiger partial charge in [0.25, 0.3) is 0 Å². The molecule has 0 amide bonds. The fraction of sp³-hybridized carbons (Fsp3) is 0.133. The molecule has 6 heteroatoms. The highest BCUT2D eigenvalue weighted by molar-refractivity contribution is 7.98. The maximum absolute atomic E-state index is 13.6. The molecule has 0 atom stereocenters. The number of aryl methyl sites for hydroxylation is 1. The predicted molar refractivity (Wildman–Crippen MR) is 80.0 cm³/mol. The average Bonchev–Trinajstić information content (AvgIpc) is 2.46. The maximum Gasteiger partial charge on any atom is 0.355 e. The molecule has 0 fully saturated rings. The van der Waals surface area contributed by atoms with E-state index < -0.39 is 0 Å². The monoisotopic (exact) mass is 301 g/mol. The molecule has 0 unspecified atom stereocenters. The summed E-state index contributed by atoms with van der Waals surface area (Å²) in [5.74, 6) is 0.118. The van der Waals surface area contributed by atoms with Gasteiger partial charge < -0.3 is 0 Å². The van der Waals surface area contributed by atoms with Crippen molar-refractivity contribution >= 4 is 17.4 Å². The van der Waals surface area contributed by atoms with Crippen molar-refractivity contribution in [3.63, 3.8) is 0 Å². The summed E-state index contributed by atoms with van der Waals surface area (Å²) in [7, 11) is 0. The van der Waals surface area contributed by atoms with Gasteiger partial charge in [-0.15, -0.1) is 0 Å². The van der Waals surface area contributed by atoms with Crippen molar-refractivity contribution < 1.29 is 4.39 Å². The molecule has 0 radical (unpaired) electrons.